The lowest BCUT2D eigenvalue weighted by Crippen LogP contribution is -2.44. The van der Waals surface area contributed by atoms with Crippen LogP contribution >= 0.6 is 0 Å². The highest BCUT2D eigenvalue weighted by Crippen LogP contribution is 2.09. The van der Waals surface area contributed by atoms with Gasteiger partial charge in [-0.1, -0.05) is 12.8 Å². The quantitative estimate of drug-likeness (QED) is 0.610. The van der Waals surface area contributed by atoms with Gasteiger partial charge < -0.3 is 15.4 Å². The standard InChI is InChI=1S/C14H28N4O/c1-13(17-8-10-19-11-9-17)12-16-14(15)18-6-4-2-3-5-7-18/h13H,2-12H2,1H3,(H2,15,16). The summed E-state index contributed by atoms with van der Waals surface area (Å²) in [6.07, 6.45) is 5.15. The van der Waals surface area contributed by atoms with Crippen LogP contribution in [0.25, 0.3) is 0 Å². The first-order chi connectivity index (χ1) is 9.27. The fourth-order valence-electron chi connectivity index (χ4n) is 2.76. The molecule has 0 aromatic carbocycles. The van der Waals surface area contributed by atoms with Gasteiger partial charge in [-0.3, -0.25) is 9.89 Å². The van der Waals surface area contributed by atoms with E-state index >= 15 is 0 Å². The fourth-order valence-corrected chi connectivity index (χ4v) is 2.76. The molecule has 0 radical (unpaired) electrons. The van der Waals surface area contributed by atoms with Crippen LogP contribution < -0.4 is 5.73 Å². The summed E-state index contributed by atoms with van der Waals surface area (Å²) in [7, 11) is 0. The first kappa shape index (κ1) is 14.6. The van der Waals surface area contributed by atoms with Gasteiger partial charge in [0.25, 0.3) is 0 Å². The van der Waals surface area contributed by atoms with Crippen LogP contribution in [0, 0.1) is 0 Å². The van der Waals surface area contributed by atoms with Crippen LogP contribution in [0.1, 0.15) is 32.6 Å². The average molecular weight is 268 g/mol. The van der Waals surface area contributed by atoms with Gasteiger partial charge in [-0.25, -0.2) is 0 Å². The van der Waals surface area contributed by atoms with Crippen molar-refractivity contribution in [1.82, 2.24) is 9.80 Å². The minimum Gasteiger partial charge on any atom is -0.379 e. The number of guanidine groups is 1. The molecular formula is C14H28N4O. The Morgan fingerprint density at radius 3 is 2.37 bits per heavy atom. The van der Waals surface area contributed by atoms with E-state index in [1.54, 1.807) is 0 Å². The average Bonchev–Trinajstić information content (AvgIpc) is 2.74. The lowest BCUT2D eigenvalue weighted by Gasteiger charge is -2.31. The Hall–Kier alpha value is -0.810. The molecule has 2 aliphatic rings. The van der Waals surface area contributed by atoms with E-state index in [1.165, 1.54) is 25.7 Å². The van der Waals surface area contributed by atoms with Gasteiger partial charge in [-0.15, -0.1) is 0 Å². The summed E-state index contributed by atoms with van der Waals surface area (Å²) in [5, 5.41) is 0. The molecule has 5 heteroatoms. The van der Waals surface area contributed by atoms with Crippen molar-refractivity contribution in [1.29, 1.82) is 0 Å². The SMILES string of the molecule is CC(CN=C(N)N1CCCCCC1)N1CCOCC1. The largest absolute Gasteiger partial charge is 0.379 e. The third kappa shape index (κ3) is 4.66. The van der Waals surface area contributed by atoms with Crippen molar-refractivity contribution in [3.05, 3.63) is 0 Å². The lowest BCUT2D eigenvalue weighted by atomic mass is 10.2. The van der Waals surface area contributed by atoms with E-state index in [1.807, 2.05) is 0 Å². The topological polar surface area (TPSA) is 54.1 Å². The number of hydrogen-bond donors (Lipinski definition) is 1. The molecular weight excluding hydrogens is 240 g/mol. The zero-order chi connectivity index (χ0) is 13.5. The second kappa shape index (κ2) is 7.70. The Balaban J connectivity index is 1.78. The van der Waals surface area contributed by atoms with Crippen LogP contribution in [0.2, 0.25) is 0 Å². The van der Waals surface area contributed by atoms with Gasteiger partial charge in [0, 0.05) is 32.2 Å². The number of hydrogen-bond acceptors (Lipinski definition) is 3. The van der Waals surface area contributed by atoms with E-state index in [9.17, 15) is 0 Å². The molecule has 2 aliphatic heterocycles. The molecule has 0 aliphatic carbocycles. The summed E-state index contributed by atoms with van der Waals surface area (Å²) in [5.74, 6) is 0.738. The number of likely N-dealkylation sites (tertiary alicyclic amines) is 1. The molecule has 0 aromatic rings. The second-order valence-corrected chi connectivity index (χ2v) is 5.60. The number of ether oxygens (including phenoxy) is 1. The number of nitrogens with two attached hydrogens (primary N) is 1. The number of aliphatic imine (C=N–C) groups is 1. The molecule has 19 heavy (non-hydrogen) atoms. The van der Waals surface area contributed by atoms with Crippen LogP contribution in [0.3, 0.4) is 0 Å². The van der Waals surface area contributed by atoms with Crippen LogP contribution in [-0.4, -0.2) is 67.7 Å². The highest BCUT2D eigenvalue weighted by atomic mass is 16.5. The zero-order valence-electron chi connectivity index (χ0n) is 12.2. The smallest absolute Gasteiger partial charge is 0.191 e. The van der Waals surface area contributed by atoms with E-state index in [-0.39, 0.29) is 0 Å². The Morgan fingerprint density at radius 1 is 1.11 bits per heavy atom. The van der Waals surface area contributed by atoms with Gasteiger partial charge in [0.15, 0.2) is 5.96 Å². The number of morpholine rings is 1. The van der Waals surface area contributed by atoms with E-state index in [0.717, 1.165) is 51.9 Å². The van der Waals surface area contributed by atoms with Crippen LogP contribution in [0.15, 0.2) is 4.99 Å². The van der Waals surface area contributed by atoms with Crippen molar-refractivity contribution < 1.29 is 4.74 Å². The molecule has 5 nitrogen and oxygen atoms in total. The minimum absolute atomic E-state index is 0.453. The molecule has 2 saturated heterocycles. The molecule has 2 heterocycles. The Morgan fingerprint density at radius 2 is 1.74 bits per heavy atom. The summed E-state index contributed by atoms with van der Waals surface area (Å²) in [4.78, 5) is 9.28. The van der Waals surface area contributed by atoms with E-state index < -0.39 is 0 Å². The summed E-state index contributed by atoms with van der Waals surface area (Å²) in [6.45, 7) is 8.88. The normalized spacial score (nSPS) is 25.1. The van der Waals surface area contributed by atoms with Gasteiger partial charge in [-0.2, -0.15) is 0 Å². The van der Waals surface area contributed by atoms with Crippen LogP contribution in [-0.2, 0) is 4.74 Å². The predicted molar refractivity (Wildman–Crippen MR) is 78.4 cm³/mol. The van der Waals surface area contributed by atoms with Crippen molar-refractivity contribution in [3.63, 3.8) is 0 Å². The van der Waals surface area contributed by atoms with Crippen molar-refractivity contribution >= 4 is 5.96 Å². The molecule has 110 valence electrons. The Labute approximate surface area is 116 Å². The number of nitrogens with zero attached hydrogens (tertiary/aromatic N) is 3. The van der Waals surface area contributed by atoms with Crippen molar-refractivity contribution in [2.75, 3.05) is 45.9 Å². The first-order valence-corrected chi connectivity index (χ1v) is 7.64. The van der Waals surface area contributed by atoms with Crippen LogP contribution in [0.4, 0.5) is 0 Å². The summed E-state index contributed by atoms with van der Waals surface area (Å²) < 4.78 is 5.37. The molecule has 0 saturated carbocycles. The molecule has 2 rings (SSSR count). The molecule has 0 amide bonds. The molecule has 2 N–H and O–H groups in total. The van der Waals surface area contributed by atoms with E-state index in [2.05, 4.69) is 21.7 Å². The van der Waals surface area contributed by atoms with Crippen LogP contribution in [0.5, 0.6) is 0 Å². The highest BCUT2D eigenvalue weighted by Gasteiger charge is 2.17. The maximum atomic E-state index is 6.13. The third-order valence-corrected chi connectivity index (χ3v) is 4.12. The van der Waals surface area contributed by atoms with Crippen molar-refractivity contribution in [3.8, 4) is 0 Å². The predicted octanol–water partition coefficient (Wildman–Crippen LogP) is 0.898. The van der Waals surface area contributed by atoms with Gasteiger partial charge in [-0.05, 0) is 19.8 Å². The lowest BCUT2D eigenvalue weighted by molar-refractivity contribution is 0.0220. The maximum absolute atomic E-state index is 6.13. The fraction of sp³-hybridized carbons (Fsp3) is 0.929. The molecule has 1 unspecified atom stereocenters. The van der Waals surface area contributed by atoms with Gasteiger partial charge in [0.2, 0.25) is 0 Å². The Kier molecular flexibility index (Phi) is 5.92. The van der Waals surface area contributed by atoms with Gasteiger partial charge in [0.1, 0.15) is 0 Å². The second-order valence-electron chi connectivity index (χ2n) is 5.60. The molecule has 0 bridgehead atoms. The van der Waals surface area contributed by atoms with Crippen molar-refractivity contribution in [2.45, 2.75) is 38.6 Å². The van der Waals surface area contributed by atoms with Gasteiger partial charge >= 0.3 is 0 Å². The van der Waals surface area contributed by atoms with Gasteiger partial charge in [0.05, 0.1) is 19.8 Å². The summed E-state index contributed by atoms with van der Waals surface area (Å²) >= 11 is 0. The Bertz CT molecular complexity index is 281. The molecule has 0 aromatic heterocycles. The van der Waals surface area contributed by atoms with E-state index in [0.29, 0.717) is 6.04 Å². The molecule has 0 spiro atoms. The zero-order valence-corrected chi connectivity index (χ0v) is 12.2. The highest BCUT2D eigenvalue weighted by molar-refractivity contribution is 5.78. The number of rotatable bonds is 3. The third-order valence-electron chi connectivity index (χ3n) is 4.12. The summed E-state index contributed by atoms with van der Waals surface area (Å²) in [5.41, 5.74) is 6.13. The maximum Gasteiger partial charge on any atom is 0.191 e. The molecule has 1 atom stereocenters. The van der Waals surface area contributed by atoms with Crippen molar-refractivity contribution in [2.24, 2.45) is 10.7 Å². The first-order valence-electron chi connectivity index (χ1n) is 7.64. The summed E-state index contributed by atoms with van der Waals surface area (Å²) in [6, 6.07) is 0.453. The minimum atomic E-state index is 0.453. The van der Waals surface area contributed by atoms with E-state index in [4.69, 9.17) is 10.5 Å². The monoisotopic (exact) mass is 268 g/mol. The molecule has 2 fully saturated rings.